The molecule has 1 saturated heterocycles. The summed E-state index contributed by atoms with van der Waals surface area (Å²) in [5, 5.41) is 20.8. The van der Waals surface area contributed by atoms with E-state index in [-0.39, 0.29) is 51.4 Å². The van der Waals surface area contributed by atoms with Gasteiger partial charge in [0.1, 0.15) is 5.60 Å². The Morgan fingerprint density at radius 2 is 1.95 bits per heavy atom. The van der Waals surface area contributed by atoms with Crippen molar-refractivity contribution in [1.82, 2.24) is 4.90 Å². The number of amides is 1. The molecule has 0 aliphatic carbocycles. The number of carboxylic acids is 1. The van der Waals surface area contributed by atoms with Crippen LogP contribution in [0.3, 0.4) is 0 Å². The first-order valence-corrected chi connectivity index (χ1v) is 6.52. The number of hydrogen-bond donors (Lipinski definition) is 1. The molecule has 110 valence electrons. The second kappa shape index (κ2) is 8.10. The summed E-state index contributed by atoms with van der Waals surface area (Å²) in [5.74, 6) is -2.34. The van der Waals surface area contributed by atoms with Crippen molar-refractivity contribution in [3.8, 4) is 0 Å². The van der Waals surface area contributed by atoms with Crippen LogP contribution in [-0.4, -0.2) is 46.4 Å². The van der Waals surface area contributed by atoms with E-state index >= 15 is 0 Å². The molecular formula is C13H22KNO5. The maximum absolute atomic E-state index is 12.0. The predicted octanol–water partition coefficient (Wildman–Crippen LogP) is -2.86. The van der Waals surface area contributed by atoms with Crippen molar-refractivity contribution in [1.29, 1.82) is 0 Å². The van der Waals surface area contributed by atoms with Gasteiger partial charge in [-0.1, -0.05) is 6.92 Å². The number of carbonyl (C=O) groups is 2. The van der Waals surface area contributed by atoms with E-state index in [0.29, 0.717) is 13.0 Å². The maximum Gasteiger partial charge on any atom is 1.00 e. The summed E-state index contributed by atoms with van der Waals surface area (Å²) in [6, 6.07) is -0.525. The van der Waals surface area contributed by atoms with Crippen LogP contribution in [0.25, 0.3) is 0 Å². The molecule has 0 aromatic heterocycles. The fraction of sp³-hybridized carbons (Fsp3) is 0.846. The third-order valence-electron chi connectivity index (χ3n) is 3.21. The SMILES string of the molecule is CC(C(=O)[O-])C(O)C1CCCN1C(=O)OC(C)(C)C.[K+]. The fourth-order valence-corrected chi connectivity index (χ4v) is 2.17. The summed E-state index contributed by atoms with van der Waals surface area (Å²) in [6.45, 7) is 7.13. The van der Waals surface area contributed by atoms with Gasteiger partial charge in [-0.25, -0.2) is 4.79 Å². The normalized spacial score (nSPS) is 21.9. The summed E-state index contributed by atoms with van der Waals surface area (Å²) in [6.07, 6.45) is -0.363. The van der Waals surface area contributed by atoms with Gasteiger partial charge in [-0.05, 0) is 33.6 Å². The predicted molar refractivity (Wildman–Crippen MR) is 66.1 cm³/mol. The molecular weight excluding hydrogens is 289 g/mol. The number of ether oxygens (including phenoxy) is 1. The molecule has 1 heterocycles. The van der Waals surface area contributed by atoms with Crippen LogP contribution in [0.5, 0.6) is 0 Å². The molecule has 0 spiro atoms. The Morgan fingerprint density at radius 3 is 2.40 bits per heavy atom. The molecule has 0 aromatic rings. The minimum Gasteiger partial charge on any atom is -0.550 e. The van der Waals surface area contributed by atoms with Crippen molar-refractivity contribution in [3.05, 3.63) is 0 Å². The van der Waals surface area contributed by atoms with E-state index in [9.17, 15) is 19.8 Å². The fourth-order valence-electron chi connectivity index (χ4n) is 2.17. The van der Waals surface area contributed by atoms with Crippen LogP contribution in [0.1, 0.15) is 40.5 Å². The van der Waals surface area contributed by atoms with Gasteiger partial charge in [-0.2, -0.15) is 0 Å². The largest absolute Gasteiger partial charge is 1.00 e. The summed E-state index contributed by atoms with van der Waals surface area (Å²) in [5.41, 5.74) is -0.616. The average molecular weight is 311 g/mol. The Hall–Kier alpha value is 0.336. The molecule has 20 heavy (non-hydrogen) atoms. The molecule has 1 aliphatic heterocycles. The van der Waals surface area contributed by atoms with Gasteiger partial charge >= 0.3 is 57.5 Å². The minimum absolute atomic E-state index is 0. The van der Waals surface area contributed by atoms with Gasteiger partial charge in [0.05, 0.1) is 12.1 Å². The molecule has 1 amide bonds. The Morgan fingerprint density at radius 1 is 1.40 bits per heavy atom. The Bertz CT molecular complexity index is 355. The molecule has 6 nitrogen and oxygen atoms in total. The van der Waals surface area contributed by atoms with E-state index in [2.05, 4.69) is 0 Å². The minimum atomic E-state index is -1.32. The molecule has 0 saturated carbocycles. The van der Waals surface area contributed by atoms with Gasteiger partial charge in [0.2, 0.25) is 0 Å². The van der Waals surface area contributed by atoms with Gasteiger partial charge in [-0.15, -0.1) is 0 Å². The molecule has 1 rings (SSSR count). The van der Waals surface area contributed by atoms with E-state index in [0.717, 1.165) is 6.42 Å². The van der Waals surface area contributed by atoms with E-state index in [1.165, 1.54) is 11.8 Å². The standard InChI is InChI=1S/C13H23NO5.K/c1-8(11(16)17)10(15)9-6-5-7-14(9)12(18)19-13(2,3)4;/h8-10,15H,5-7H2,1-4H3,(H,16,17);/q;+1/p-1. The third-order valence-corrected chi connectivity index (χ3v) is 3.21. The zero-order chi connectivity index (χ0) is 14.8. The van der Waals surface area contributed by atoms with E-state index < -0.39 is 35.7 Å². The summed E-state index contributed by atoms with van der Waals surface area (Å²) < 4.78 is 5.26. The van der Waals surface area contributed by atoms with Crippen LogP contribution in [0.2, 0.25) is 0 Å². The van der Waals surface area contributed by atoms with Crippen molar-refractivity contribution >= 4 is 12.1 Å². The quantitative estimate of drug-likeness (QED) is 0.566. The maximum atomic E-state index is 12.0. The second-order valence-corrected chi connectivity index (χ2v) is 5.98. The first kappa shape index (κ1) is 20.3. The number of carboxylic acid groups (broad SMARTS) is 1. The first-order chi connectivity index (χ1) is 8.63. The molecule has 1 fully saturated rings. The van der Waals surface area contributed by atoms with Crippen LogP contribution >= 0.6 is 0 Å². The molecule has 1 aliphatic rings. The molecule has 1 N–H and O–H groups in total. The number of hydrogen-bond acceptors (Lipinski definition) is 5. The van der Waals surface area contributed by atoms with Crippen LogP contribution in [-0.2, 0) is 9.53 Å². The van der Waals surface area contributed by atoms with Crippen LogP contribution in [0, 0.1) is 5.92 Å². The van der Waals surface area contributed by atoms with E-state index in [4.69, 9.17) is 4.74 Å². The number of carbonyl (C=O) groups excluding carboxylic acids is 2. The van der Waals surface area contributed by atoms with Crippen molar-refractivity contribution in [2.45, 2.75) is 58.3 Å². The van der Waals surface area contributed by atoms with Gasteiger partial charge in [-0.3, -0.25) is 0 Å². The number of rotatable bonds is 3. The van der Waals surface area contributed by atoms with Crippen LogP contribution in [0.15, 0.2) is 0 Å². The van der Waals surface area contributed by atoms with Crippen molar-refractivity contribution in [2.75, 3.05) is 6.54 Å². The molecule has 3 unspecified atom stereocenters. The number of aliphatic hydroxyl groups excluding tert-OH is 1. The molecule has 7 heteroatoms. The third kappa shape index (κ3) is 5.61. The summed E-state index contributed by atoms with van der Waals surface area (Å²) in [7, 11) is 0. The number of likely N-dealkylation sites (tertiary alicyclic amines) is 1. The van der Waals surface area contributed by atoms with Crippen molar-refractivity contribution in [2.24, 2.45) is 5.92 Å². The van der Waals surface area contributed by atoms with E-state index in [1.54, 1.807) is 20.8 Å². The average Bonchev–Trinajstić information content (AvgIpc) is 2.73. The first-order valence-electron chi connectivity index (χ1n) is 6.52. The molecule has 3 atom stereocenters. The van der Waals surface area contributed by atoms with Crippen LogP contribution in [0.4, 0.5) is 4.79 Å². The topological polar surface area (TPSA) is 89.9 Å². The summed E-state index contributed by atoms with van der Waals surface area (Å²) in [4.78, 5) is 24.2. The summed E-state index contributed by atoms with van der Waals surface area (Å²) >= 11 is 0. The molecule has 0 aromatic carbocycles. The monoisotopic (exact) mass is 311 g/mol. The number of nitrogens with zero attached hydrogens (tertiary/aromatic N) is 1. The van der Waals surface area contributed by atoms with Gasteiger partial charge in [0, 0.05) is 18.4 Å². The molecule has 0 bridgehead atoms. The van der Waals surface area contributed by atoms with Gasteiger partial charge in [0.25, 0.3) is 0 Å². The Labute approximate surface area is 162 Å². The van der Waals surface area contributed by atoms with Crippen LogP contribution < -0.4 is 56.5 Å². The smallest absolute Gasteiger partial charge is 0.550 e. The van der Waals surface area contributed by atoms with E-state index in [1.807, 2.05) is 0 Å². The molecule has 0 radical (unpaired) electrons. The van der Waals surface area contributed by atoms with Crippen molar-refractivity contribution in [3.63, 3.8) is 0 Å². The zero-order valence-electron chi connectivity index (χ0n) is 12.9. The number of aliphatic carboxylic acids is 1. The zero-order valence-corrected chi connectivity index (χ0v) is 16.0. The second-order valence-electron chi connectivity index (χ2n) is 5.98. The van der Waals surface area contributed by atoms with Gasteiger partial charge < -0.3 is 24.6 Å². The number of aliphatic hydroxyl groups is 1. The Kier molecular flexibility index (Phi) is 8.23. The van der Waals surface area contributed by atoms with Crippen molar-refractivity contribution < 1.29 is 75.9 Å². The van der Waals surface area contributed by atoms with Gasteiger partial charge in [0.15, 0.2) is 0 Å². The Balaban J connectivity index is 0.00000361.